The van der Waals surface area contributed by atoms with Gasteiger partial charge in [0.25, 0.3) is 10.0 Å². The molecule has 0 unspecified atom stereocenters. The van der Waals surface area contributed by atoms with Crippen LogP contribution in [0.4, 0.5) is 11.5 Å². The summed E-state index contributed by atoms with van der Waals surface area (Å²) in [4.78, 5) is 11.6. The molecule has 1 aliphatic rings. The minimum Gasteiger partial charge on any atom is -0.360 e. The van der Waals surface area contributed by atoms with E-state index in [1.165, 1.54) is 30.3 Å². The van der Waals surface area contributed by atoms with Gasteiger partial charge in [-0.3, -0.25) is 9.52 Å². The Balaban J connectivity index is 1.88. The lowest BCUT2D eigenvalue weighted by Crippen LogP contribution is -2.29. The van der Waals surface area contributed by atoms with Crippen molar-refractivity contribution in [1.82, 2.24) is 5.16 Å². The second-order valence-electron chi connectivity index (χ2n) is 5.15. The van der Waals surface area contributed by atoms with E-state index in [1.807, 2.05) is 0 Å². The second-order valence-corrected chi connectivity index (χ2v) is 8.77. The van der Waals surface area contributed by atoms with E-state index in [4.69, 9.17) is 4.52 Å². The van der Waals surface area contributed by atoms with Gasteiger partial charge in [0.15, 0.2) is 5.82 Å². The van der Waals surface area contributed by atoms with E-state index in [2.05, 4.69) is 9.88 Å². The molecule has 1 aliphatic heterocycles. The van der Waals surface area contributed by atoms with Gasteiger partial charge in [-0.05, 0) is 31.2 Å². The van der Waals surface area contributed by atoms with Crippen molar-refractivity contribution in [1.29, 1.82) is 0 Å². The van der Waals surface area contributed by atoms with Gasteiger partial charge < -0.3 is 4.52 Å². The average molecular weight is 371 g/mol. The number of nitrogens with one attached hydrogen (secondary N) is 1. The molecule has 1 amide bonds. The Kier molecular flexibility index (Phi) is 3.84. The van der Waals surface area contributed by atoms with Gasteiger partial charge in [-0.25, -0.2) is 21.1 Å². The normalized spacial score (nSPS) is 17.2. The lowest BCUT2D eigenvalue weighted by molar-refractivity contribution is -0.116. The molecule has 1 aromatic heterocycles. The van der Waals surface area contributed by atoms with Crippen molar-refractivity contribution < 1.29 is 26.2 Å². The molecule has 0 atom stereocenters. The van der Waals surface area contributed by atoms with Crippen LogP contribution in [0.3, 0.4) is 0 Å². The summed E-state index contributed by atoms with van der Waals surface area (Å²) in [5.41, 5.74) is 0.105. The van der Waals surface area contributed by atoms with Crippen LogP contribution in [0.5, 0.6) is 0 Å². The molecular weight excluding hydrogens is 358 g/mol. The number of carbonyl (C=O) groups is 1. The second kappa shape index (κ2) is 5.60. The summed E-state index contributed by atoms with van der Waals surface area (Å²) in [6.07, 6.45) is -0.0878. The SMILES string of the molecule is Cc1cc(NS(=O)(=O)c2ccc(N3C(=O)CCS3(=O)=O)cc2)no1. The number of sulfonamides is 2. The van der Waals surface area contributed by atoms with Crippen LogP contribution in [0.25, 0.3) is 0 Å². The molecule has 0 saturated carbocycles. The Bertz CT molecular complexity index is 993. The zero-order chi connectivity index (χ0) is 17.5. The standard InChI is InChI=1S/C13H13N3O6S2/c1-9-8-12(14-22-9)15-24(20,21)11-4-2-10(3-5-11)16-13(17)6-7-23(16,18)19/h2-5,8H,6-7H2,1H3,(H,14,15). The van der Waals surface area contributed by atoms with Gasteiger partial charge in [-0.1, -0.05) is 5.16 Å². The van der Waals surface area contributed by atoms with E-state index >= 15 is 0 Å². The smallest absolute Gasteiger partial charge is 0.263 e. The molecule has 1 saturated heterocycles. The molecule has 0 spiro atoms. The van der Waals surface area contributed by atoms with Gasteiger partial charge in [0.05, 0.1) is 16.3 Å². The summed E-state index contributed by atoms with van der Waals surface area (Å²) in [6.45, 7) is 1.62. The zero-order valence-electron chi connectivity index (χ0n) is 12.5. The summed E-state index contributed by atoms with van der Waals surface area (Å²) in [7, 11) is -7.60. The van der Waals surface area contributed by atoms with E-state index in [0.717, 1.165) is 0 Å². The quantitative estimate of drug-likeness (QED) is 0.844. The van der Waals surface area contributed by atoms with Gasteiger partial charge in [0, 0.05) is 12.5 Å². The number of anilines is 2. The summed E-state index contributed by atoms with van der Waals surface area (Å²) in [5, 5.41) is 3.54. The Hall–Kier alpha value is -2.40. The third kappa shape index (κ3) is 2.99. The molecule has 0 aliphatic carbocycles. The van der Waals surface area contributed by atoms with Crippen molar-refractivity contribution in [3.63, 3.8) is 0 Å². The van der Waals surface area contributed by atoms with Crippen LogP contribution in [-0.4, -0.2) is 33.7 Å². The van der Waals surface area contributed by atoms with Crippen LogP contribution in [0.15, 0.2) is 39.8 Å². The fourth-order valence-corrected chi connectivity index (χ4v) is 4.68. The number of amides is 1. The third-order valence-corrected chi connectivity index (χ3v) is 6.39. The van der Waals surface area contributed by atoms with E-state index in [9.17, 15) is 21.6 Å². The highest BCUT2D eigenvalue weighted by molar-refractivity contribution is 7.94. The molecule has 11 heteroatoms. The van der Waals surface area contributed by atoms with Crippen LogP contribution >= 0.6 is 0 Å². The molecule has 1 N–H and O–H groups in total. The predicted molar refractivity (Wildman–Crippen MR) is 84.4 cm³/mol. The van der Waals surface area contributed by atoms with Gasteiger partial charge in [0.1, 0.15) is 5.76 Å². The molecule has 2 aromatic rings. The predicted octanol–water partition coefficient (Wildman–Crippen LogP) is 0.850. The number of rotatable bonds is 4. The lowest BCUT2D eigenvalue weighted by Gasteiger charge is -2.15. The molecule has 24 heavy (non-hydrogen) atoms. The first-order valence-corrected chi connectivity index (χ1v) is 9.90. The number of benzene rings is 1. The molecule has 2 heterocycles. The summed E-state index contributed by atoms with van der Waals surface area (Å²) < 4.78 is 55.9. The van der Waals surface area contributed by atoms with E-state index in [1.54, 1.807) is 6.92 Å². The molecule has 1 aromatic carbocycles. The Labute approximate surface area is 138 Å². The number of nitrogens with zero attached hydrogens (tertiary/aromatic N) is 2. The molecule has 0 bridgehead atoms. The minimum atomic E-state index is -3.91. The van der Waals surface area contributed by atoms with Crippen LogP contribution in [0, 0.1) is 6.92 Å². The minimum absolute atomic E-state index is 0.0360. The third-order valence-electron chi connectivity index (χ3n) is 3.33. The van der Waals surface area contributed by atoms with Crippen molar-refractivity contribution in [2.24, 2.45) is 0 Å². The zero-order valence-corrected chi connectivity index (χ0v) is 14.1. The van der Waals surface area contributed by atoms with Crippen molar-refractivity contribution in [3.8, 4) is 0 Å². The highest BCUT2D eigenvalue weighted by atomic mass is 32.2. The molecule has 9 nitrogen and oxygen atoms in total. The number of hydrogen-bond donors (Lipinski definition) is 1. The summed E-state index contributed by atoms with van der Waals surface area (Å²) in [6, 6.07) is 6.38. The number of aromatic nitrogens is 1. The molecule has 128 valence electrons. The molecule has 1 fully saturated rings. The van der Waals surface area contributed by atoms with Crippen molar-refractivity contribution in [2.45, 2.75) is 18.2 Å². The molecule has 3 rings (SSSR count). The molecular formula is C13H13N3O6S2. The van der Waals surface area contributed by atoms with Crippen molar-refractivity contribution in [3.05, 3.63) is 36.1 Å². The number of carbonyl (C=O) groups excluding carboxylic acids is 1. The molecule has 0 radical (unpaired) electrons. The van der Waals surface area contributed by atoms with Crippen LogP contribution in [-0.2, 0) is 24.8 Å². The van der Waals surface area contributed by atoms with E-state index in [-0.39, 0.29) is 28.6 Å². The van der Waals surface area contributed by atoms with Crippen LogP contribution < -0.4 is 9.03 Å². The Morgan fingerprint density at radius 2 is 1.92 bits per heavy atom. The fourth-order valence-electron chi connectivity index (χ4n) is 2.24. The Morgan fingerprint density at radius 1 is 1.25 bits per heavy atom. The van der Waals surface area contributed by atoms with Gasteiger partial charge in [0.2, 0.25) is 15.9 Å². The first-order valence-electron chi connectivity index (χ1n) is 6.81. The van der Waals surface area contributed by atoms with Gasteiger partial charge in [-0.2, -0.15) is 0 Å². The van der Waals surface area contributed by atoms with Crippen LogP contribution in [0.2, 0.25) is 0 Å². The summed E-state index contributed by atoms with van der Waals surface area (Å²) >= 11 is 0. The monoisotopic (exact) mass is 371 g/mol. The highest BCUT2D eigenvalue weighted by Crippen LogP contribution is 2.26. The Morgan fingerprint density at radius 3 is 2.42 bits per heavy atom. The average Bonchev–Trinajstić information content (AvgIpc) is 3.01. The van der Waals surface area contributed by atoms with E-state index < -0.39 is 26.0 Å². The lowest BCUT2D eigenvalue weighted by atomic mass is 10.3. The van der Waals surface area contributed by atoms with Crippen LogP contribution in [0.1, 0.15) is 12.2 Å². The maximum Gasteiger partial charge on any atom is 0.263 e. The highest BCUT2D eigenvalue weighted by Gasteiger charge is 2.36. The topological polar surface area (TPSA) is 127 Å². The van der Waals surface area contributed by atoms with Crippen molar-refractivity contribution >= 4 is 37.5 Å². The van der Waals surface area contributed by atoms with Crippen molar-refractivity contribution in [2.75, 3.05) is 14.8 Å². The summed E-state index contributed by atoms with van der Waals surface area (Å²) in [5.74, 6) is -0.310. The van der Waals surface area contributed by atoms with Gasteiger partial charge >= 0.3 is 0 Å². The maximum atomic E-state index is 12.2. The fraction of sp³-hybridized carbons (Fsp3) is 0.231. The number of aryl methyl sites for hydroxylation is 1. The van der Waals surface area contributed by atoms with E-state index in [0.29, 0.717) is 10.1 Å². The first-order chi connectivity index (χ1) is 11.2. The first kappa shape index (κ1) is 16.5. The number of hydrogen-bond acceptors (Lipinski definition) is 7. The van der Waals surface area contributed by atoms with Gasteiger partial charge in [-0.15, -0.1) is 0 Å². The largest absolute Gasteiger partial charge is 0.360 e. The maximum absolute atomic E-state index is 12.2.